The average Bonchev–Trinajstić information content (AvgIpc) is 2.40. The second-order valence-electron chi connectivity index (χ2n) is 4.77. The van der Waals surface area contributed by atoms with Gasteiger partial charge in [0, 0.05) is 18.7 Å². The van der Waals surface area contributed by atoms with Crippen molar-refractivity contribution in [3.63, 3.8) is 0 Å². The molecule has 1 heterocycles. The Morgan fingerprint density at radius 3 is 3.00 bits per heavy atom. The number of benzene rings is 1. The summed E-state index contributed by atoms with van der Waals surface area (Å²) in [4.78, 5) is 15.9. The molecule has 3 rings (SSSR count). The molecule has 96 valence electrons. The van der Waals surface area contributed by atoms with Gasteiger partial charge < -0.3 is 11.1 Å². The molecule has 1 unspecified atom stereocenters. The molecule has 4 heteroatoms. The Balaban J connectivity index is 1.63. The minimum absolute atomic E-state index is 0.135. The van der Waals surface area contributed by atoms with E-state index in [1.54, 1.807) is 12.3 Å². The van der Waals surface area contributed by atoms with Gasteiger partial charge in [-0.25, -0.2) is 0 Å². The lowest BCUT2D eigenvalue weighted by Gasteiger charge is -2.30. The summed E-state index contributed by atoms with van der Waals surface area (Å²) in [6, 6.07) is 9.98. The van der Waals surface area contributed by atoms with Crippen molar-refractivity contribution in [3.8, 4) is 0 Å². The zero-order valence-electron chi connectivity index (χ0n) is 10.5. The molecular formula is C15H15N3O. The topological polar surface area (TPSA) is 68.0 Å². The Morgan fingerprint density at radius 2 is 2.21 bits per heavy atom. The fraction of sp³-hybridized carbons (Fsp3) is 0.200. The van der Waals surface area contributed by atoms with Crippen LogP contribution in [-0.2, 0) is 6.42 Å². The average molecular weight is 253 g/mol. The van der Waals surface area contributed by atoms with E-state index >= 15 is 0 Å². The number of nitrogen functional groups attached to an aromatic ring is 1. The number of fused-ring (bicyclic) bond motifs is 1. The van der Waals surface area contributed by atoms with Crippen molar-refractivity contribution in [1.82, 2.24) is 10.3 Å². The van der Waals surface area contributed by atoms with E-state index in [1.165, 1.54) is 17.3 Å². The summed E-state index contributed by atoms with van der Waals surface area (Å²) in [6.07, 6.45) is 4.10. The van der Waals surface area contributed by atoms with Gasteiger partial charge in [-0.1, -0.05) is 24.3 Å². The zero-order valence-corrected chi connectivity index (χ0v) is 10.5. The van der Waals surface area contributed by atoms with Crippen LogP contribution < -0.4 is 11.1 Å². The minimum Gasteiger partial charge on any atom is -0.397 e. The molecule has 0 spiro atoms. The van der Waals surface area contributed by atoms with Crippen LogP contribution in [0, 0.1) is 0 Å². The van der Waals surface area contributed by atoms with Crippen molar-refractivity contribution in [1.29, 1.82) is 0 Å². The Bertz CT molecular complexity index is 624. The number of carbonyl (C=O) groups is 1. The normalized spacial score (nSPS) is 16.3. The van der Waals surface area contributed by atoms with Crippen LogP contribution >= 0.6 is 0 Å². The van der Waals surface area contributed by atoms with E-state index in [1.807, 2.05) is 12.1 Å². The van der Waals surface area contributed by atoms with Crippen LogP contribution in [0.5, 0.6) is 0 Å². The van der Waals surface area contributed by atoms with Gasteiger partial charge in [-0.15, -0.1) is 0 Å². The van der Waals surface area contributed by atoms with Crippen LogP contribution in [0.25, 0.3) is 0 Å². The highest BCUT2D eigenvalue weighted by Gasteiger charge is 2.25. The number of nitrogens with zero attached hydrogens (tertiary/aromatic N) is 1. The van der Waals surface area contributed by atoms with E-state index in [0.29, 0.717) is 23.7 Å². The molecule has 4 nitrogen and oxygen atoms in total. The van der Waals surface area contributed by atoms with Gasteiger partial charge in [0.05, 0.1) is 17.4 Å². The lowest BCUT2D eigenvalue weighted by atomic mass is 9.77. The number of hydrogen-bond donors (Lipinski definition) is 2. The fourth-order valence-corrected chi connectivity index (χ4v) is 2.47. The summed E-state index contributed by atoms with van der Waals surface area (Å²) < 4.78 is 0. The van der Waals surface area contributed by atoms with Crippen molar-refractivity contribution in [2.24, 2.45) is 0 Å². The third kappa shape index (κ3) is 2.17. The van der Waals surface area contributed by atoms with Gasteiger partial charge >= 0.3 is 0 Å². The molecule has 0 saturated carbocycles. The number of carbonyl (C=O) groups excluding carboxylic acids is 1. The molecule has 19 heavy (non-hydrogen) atoms. The molecular weight excluding hydrogens is 238 g/mol. The first kappa shape index (κ1) is 11.7. The highest BCUT2D eigenvalue weighted by molar-refractivity contribution is 5.98. The number of hydrogen-bond acceptors (Lipinski definition) is 3. The van der Waals surface area contributed by atoms with Crippen LogP contribution in [0.1, 0.15) is 27.4 Å². The molecule has 0 fully saturated rings. The molecule has 3 N–H and O–H groups in total. The first-order chi connectivity index (χ1) is 9.25. The summed E-state index contributed by atoms with van der Waals surface area (Å²) in [5, 5.41) is 2.94. The standard InChI is InChI=1S/C15H15N3O/c16-14-9-17-6-5-13(14)15(19)18-8-11-7-10-3-1-2-4-12(10)11/h1-6,9,11H,7-8,16H2,(H,18,19). The summed E-state index contributed by atoms with van der Waals surface area (Å²) in [6.45, 7) is 0.650. The van der Waals surface area contributed by atoms with E-state index in [2.05, 4.69) is 22.4 Å². The van der Waals surface area contributed by atoms with Gasteiger partial charge in [0.15, 0.2) is 0 Å². The molecule has 1 aliphatic rings. The van der Waals surface area contributed by atoms with E-state index in [-0.39, 0.29) is 5.91 Å². The van der Waals surface area contributed by atoms with Crippen molar-refractivity contribution in [3.05, 3.63) is 59.4 Å². The van der Waals surface area contributed by atoms with Crippen molar-refractivity contribution in [2.45, 2.75) is 12.3 Å². The Hall–Kier alpha value is -2.36. The third-order valence-corrected chi connectivity index (χ3v) is 3.57. The highest BCUT2D eigenvalue weighted by Crippen LogP contribution is 2.34. The quantitative estimate of drug-likeness (QED) is 0.875. The van der Waals surface area contributed by atoms with Crippen LogP contribution in [0.3, 0.4) is 0 Å². The Labute approximate surface area is 111 Å². The Kier molecular flexibility index (Phi) is 2.91. The molecule has 1 aliphatic carbocycles. The molecule has 1 amide bonds. The third-order valence-electron chi connectivity index (χ3n) is 3.57. The number of amides is 1. The van der Waals surface area contributed by atoms with Gasteiger partial charge in [-0.05, 0) is 23.6 Å². The Morgan fingerprint density at radius 1 is 1.37 bits per heavy atom. The van der Waals surface area contributed by atoms with E-state index in [0.717, 1.165) is 6.42 Å². The molecule has 2 aromatic rings. The van der Waals surface area contributed by atoms with Crippen LogP contribution in [0.15, 0.2) is 42.7 Å². The number of aromatic nitrogens is 1. The molecule has 0 saturated heterocycles. The maximum absolute atomic E-state index is 12.0. The highest BCUT2D eigenvalue weighted by atomic mass is 16.1. The number of nitrogens with one attached hydrogen (secondary N) is 1. The molecule has 0 bridgehead atoms. The van der Waals surface area contributed by atoms with Gasteiger partial charge in [0.25, 0.3) is 5.91 Å². The summed E-state index contributed by atoms with van der Waals surface area (Å²) in [5.74, 6) is 0.285. The van der Waals surface area contributed by atoms with Crippen LogP contribution in [0.4, 0.5) is 5.69 Å². The summed E-state index contributed by atoms with van der Waals surface area (Å²) in [7, 11) is 0. The second-order valence-corrected chi connectivity index (χ2v) is 4.77. The zero-order chi connectivity index (χ0) is 13.2. The van der Waals surface area contributed by atoms with Gasteiger partial charge in [-0.3, -0.25) is 9.78 Å². The first-order valence-electron chi connectivity index (χ1n) is 6.31. The molecule has 1 aromatic heterocycles. The molecule has 0 aliphatic heterocycles. The van der Waals surface area contributed by atoms with Gasteiger partial charge in [0.1, 0.15) is 0 Å². The van der Waals surface area contributed by atoms with Gasteiger partial charge in [0.2, 0.25) is 0 Å². The number of pyridine rings is 1. The minimum atomic E-state index is -0.135. The van der Waals surface area contributed by atoms with Crippen LogP contribution in [-0.4, -0.2) is 17.4 Å². The largest absolute Gasteiger partial charge is 0.397 e. The van der Waals surface area contributed by atoms with Gasteiger partial charge in [-0.2, -0.15) is 0 Å². The van der Waals surface area contributed by atoms with Crippen molar-refractivity contribution >= 4 is 11.6 Å². The maximum Gasteiger partial charge on any atom is 0.253 e. The number of rotatable bonds is 3. The summed E-state index contributed by atoms with van der Waals surface area (Å²) >= 11 is 0. The van der Waals surface area contributed by atoms with E-state index < -0.39 is 0 Å². The predicted molar refractivity (Wildman–Crippen MR) is 73.9 cm³/mol. The van der Waals surface area contributed by atoms with Crippen LogP contribution in [0.2, 0.25) is 0 Å². The van der Waals surface area contributed by atoms with E-state index in [4.69, 9.17) is 5.73 Å². The molecule has 0 radical (unpaired) electrons. The van der Waals surface area contributed by atoms with E-state index in [9.17, 15) is 4.79 Å². The number of nitrogens with two attached hydrogens (primary N) is 1. The predicted octanol–water partition coefficient (Wildman–Crippen LogP) is 1.73. The maximum atomic E-state index is 12.0. The first-order valence-corrected chi connectivity index (χ1v) is 6.31. The monoisotopic (exact) mass is 253 g/mol. The number of anilines is 1. The fourth-order valence-electron chi connectivity index (χ4n) is 2.47. The summed E-state index contributed by atoms with van der Waals surface area (Å²) in [5.41, 5.74) is 9.35. The van der Waals surface area contributed by atoms with Crippen molar-refractivity contribution < 1.29 is 4.79 Å². The molecule has 1 aromatic carbocycles. The lowest BCUT2D eigenvalue weighted by molar-refractivity contribution is 0.0951. The van der Waals surface area contributed by atoms with Crippen molar-refractivity contribution in [2.75, 3.05) is 12.3 Å². The second kappa shape index (κ2) is 4.72. The lowest BCUT2D eigenvalue weighted by Crippen LogP contribution is -2.33. The molecule has 1 atom stereocenters. The SMILES string of the molecule is Nc1cnccc1C(=O)NCC1Cc2ccccc21. The smallest absolute Gasteiger partial charge is 0.253 e.